The zero-order valence-electron chi connectivity index (χ0n) is 24.9. The normalized spacial score (nSPS) is 13.7. The molecule has 2 aromatic carbocycles. The van der Waals surface area contributed by atoms with E-state index in [1.807, 2.05) is 32.9 Å². The number of likely N-dealkylation sites (N-methyl/N-ethyl adjacent to an activating group) is 1. The van der Waals surface area contributed by atoms with E-state index in [0.29, 0.717) is 17.9 Å². The van der Waals surface area contributed by atoms with Crippen LogP contribution in [0.25, 0.3) is 0 Å². The standard InChI is InChI=1S/C28H36FN5O3S.C2H6/c1-17-11-14-23(21(29)15-17)31-27(33(5)6)25(28(36)34(7)20-12-13-20)26(18(2)16-35)37-24-10-8-9-22(19(24)3)32-38-30-4;1-2/h8-11,14-16,20,30-32H,12-13H2,1-7H3;1-2H3/b26-18+,27-25+;. The number of anilines is 2. The number of carbonyl (C=O) groups excluding carboxylic acids is 2. The highest BCUT2D eigenvalue weighted by molar-refractivity contribution is 7.98. The molecule has 3 rings (SSSR count). The molecule has 0 radical (unpaired) electrons. The summed E-state index contributed by atoms with van der Waals surface area (Å²) in [4.78, 5) is 29.4. The van der Waals surface area contributed by atoms with Crippen molar-refractivity contribution in [1.29, 1.82) is 0 Å². The number of halogens is 1. The number of hydrogen-bond donors (Lipinski definition) is 3. The van der Waals surface area contributed by atoms with Crippen molar-refractivity contribution in [3.05, 3.63) is 76.1 Å². The summed E-state index contributed by atoms with van der Waals surface area (Å²) in [6.07, 6.45) is 2.46. The molecule has 1 saturated carbocycles. The molecule has 2 aromatic rings. The zero-order chi connectivity index (χ0) is 30.0. The first kappa shape index (κ1) is 32.7. The minimum Gasteiger partial charge on any atom is -0.456 e. The highest BCUT2D eigenvalue weighted by atomic mass is 32.2. The number of amides is 1. The molecule has 10 heteroatoms. The van der Waals surface area contributed by atoms with Crippen molar-refractivity contribution in [1.82, 2.24) is 14.5 Å². The Kier molecular flexibility index (Phi) is 12.5. The number of carbonyl (C=O) groups is 2. The van der Waals surface area contributed by atoms with Crippen molar-refractivity contribution < 1.29 is 18.7 Å². The van der Waals surface area contributed by atoms with Gasteiger partial charge in [0, 0.05) is 50.5 Å². The van der Waals surface area contributed by atoms with Crippen molar-refractivity contribution in [3.8, 4) is 5.75 Å². The first-order chi connectivity index (χ1) is 19.1. The van der Waals surface area contributed by atoms with Crippen LogP contribution in [0, 0.1) is 19.7 Å². The van der Waals surface area contributed by atoms with E-state index in [-0.39, 0.29) is 34.5 Å². The molecule has 1 aliphatic rings. The lowest BCUT2D eigenvalue weighted by atomic mass is 10.1. The molecular formula is C30H42FN5O3S. The van der Waals surface area contributed by atoms with Gasteiger partial charge >= 0.3 is 0 Å². The Morgan fingerprint density at radius 3 is 2.33 bits per heavy atom. The second-order valence-electron chi connectivity index (χ2n) is 9.44. The Morgan fingerprint density at radius 2 is 1.77 bits per heavy atom. The lowest BCUT2D eigenvalue weighted by Gasteiger charge is -2.28. The molecule has 3 N–H and O–H groups in total. The third-order valence-electron chi connectivity index (χ3n) is 6.21. The molecule has 8 nitrogen and oxygen atoms in total. The lowest BCUT2D eigenvalue weighted by molar-refractivity contribution is -0.126. The Morgan fingerprint density at radius 1 is 1.10 bits per heavy atom. The quantitative estimate of drug-likeness (QED) is 0.0938. The molecule has 0 saturated heterocycles. The van der Waals surface area contributed by atoms with E-state index in [1.165, 1.54) is 18.2 Å². The molecule has 0 heterocycles. The van der Waals surface area contributed by atoms with E-state index in [9.17, 15) is 14.0 Å². The largest absolute Gasteiger partial charge is 0.456 e. The van der Waals surface area contributed by atoms with Gasteiger partial charge in [-0.1, -0.05) is 26.0 Å². The van der Waals surface area contributed by atoms with Gasteiger partial charge in [-0.05, 0) is 70.5 Å². The summed E-state index contributed by atoms with van der Waals surface area (Å²) in [5.74, 6) is 0.0933. The van der Waals surface area contributed by atoms with Crippen LogP contribution < -0.4 is 19.5 Å². The predicted molar refractivity (Wildman–Crippen MR) is 163 cm³/mol. The van der Waals surface area contributed by atoms with E-state index < -0.39 is 5.82 Å². The SMILES string of the molecule is CC.CNSNc1cccc(OC(=C(\C)C=O)/C(C(=O)N(C)C2CC2)=C(/Nc2ccc(C)cc2F)N(C)C)c1C. The number of ether oxygens (including phenoxy) is 1. The minimum atomic E-state index is -0.457. The highest BCUT2D eigenvalue weighted by Crippen LogP contribution is 2.34. The number of aryl methyl sites for hydroxylation is 1. The maximum Gasteiger partial charge on any atom is 0.261 e. The van der Waals surface area contributed by atoms with Gasteiger partial charge in [-0.2, -0.15) is 0 Å². The minimum absolute atomic E-state index is 0.0997. The van der Waals surface area contributed by atoms with Gasteiger partial charge in [0.05, 0.1) is 11.4 Å². The Balaban J connectivity index is 0.00000274. The molecule has 0 aliphatic heterocycles. The molecule has 1 fully saturated rings. The van der Waals surface area contributed by atoms with Crippen molar-refractivity contribution in [2.24, 2.45) is 0 Å². The van der Waals surface area contributed by atoms with Crippen molar-refractivity contribution in [3.63, 3.8) is 0 Å². The van der Waals surface area contributed by atoms with E-state index in [0.717, 1.165) is 29.7 Å². The van der Waals surface area contributed by atoms with E-state index >= 15 is 0 Å². The first-order valence-corrected chi connectivity index (χ1v) is 14.1. The van der Waals surface area contributed by atoms with Gasteiger partial charge in [0.25, 0.3) is 5.91 Å². The molecule has 1 aliphatic carbocycles. The molecule has 218 valence electrons. The second kappa shape index (κ2) is 15.3. The van der Waals surface area contributed by atoms with Gasteiger partial charge < -0.3 is 24.6 Å². The molecule has 40 heavy (non-hydrogen) atoms. The average molecular weight is 572 g/mol. The maximum atomic E-state index is 14.9. The topological polar surface area (TPSA) is 85.9 Å². The molecule has 0 unspecified atom stereocenters. The Hall–Kier alpha value is -3.50. The predicted octanol–water partition coefficient (Wildman–Crippen LogP) is 6.02. The molecule has 0 atom stereocenters. The smallest absolute Gasteiger partial charge is 0.261 e. The summed E-state index contributed by atoms with van der Waals surface area (Å²) in [6.45, 7) is 9.29. The lowest BCUT2D eigenvalue weighted by Crippen LogP contribution is -2.35. The van der Waals surface area contributed by atoms with E-state index in [2.05, 4.69) is 14.8 Å². The van der Waals surface area contributed by atoms with E-state index in [1.54, 1.807) is 70.0 Å². The molecular weight excluding hydrogens is 529 g/mol. The molecule has 0 spiro atoms. The summed E-state index contributed by atoms with van der Waals surface area (Å²) in [5, 5.41) is 3.10. The van der Waals surface area contributed by atoms with Gasteiger partial charge in [0.2, 0.25) is 0 Å². The third kappa shape index (κ3) is 8.25. The van der Waals surface area contributed by atoms with Crippen LogP contribution in [0.15, 0.2) is 59.1 Å². The fourth-order valence-corrected chi connectivity index (χ4v) is 4.22. The molecule has 1 amide bonds. The number of benzene rings is 2. The van der Waals surface area contributed by atoms with Gasteiger partial charge in [0.1, 0.15) is 35.0 Å². The number of rotatable bonds is 12. The van der Waals surface area contributed by atoms with Crippen LogP contribution in [-0.4, -0.2) is 56.2 Å². The maximum absolute atomic E-state index is 14.9. The number of nitrogens with one attached hydrogen (secondary N) is 3. The summed E-state index contributed by atoms with van der Waals surface area (Å²) in [5.41, 5.74) is 2.94. The van der Waals surface area contributed by atoms with Gasteiger partial charge in [-0.25, -0.2) is 9.11 Å². The summed E-state index contributed by atoms with van der Waals surface area (Å²) >= 11 is 1.31. The second-order valence-corrected chi connectivity index (χ2v) is 10.3. The monoisotopic (exact) mass is 571 g/mol. The summed E-state index contributed by atoms with van der Waals surface area (Å²) in [7, 11) is 7.03. The van der Waals surface area contributed by atoms with Crippen molar-refractivity contribution in [2.75, 3.05) is 38.2 Å². The van der Waals surface area contributed by atoms with Crippen molar-refractivity contribution in [2.45, 2.75) is 53.5 Å². The van der Waals surface area contributed by atoms with Crippen LogP contribution >= 0.6 is 12.1 Å². The van der Waals surface area contributed by atoms with Crippen LogP contribution in [0.5, 0.6) is 5.75 Å². The summed E-state index contributed by atoms with van der Waals surface area (Å²) in [6, 6.07) is 10.4. The Labute approximate surface area is 242 Å². The number of allylic oxidation sites excluding steroid dienone is 1. The molecule has 0 aromatic heterocycles. The highest BCUT2D eigenvalue weighted by Gasteiger charge is 2.35. The zero-order valence-corrected chi connectivity index (χ0v) is 25.8. The first-order valence-electron chi connectivity index (χ1n) is 13.3. The van der Waals surface area contributed by atoms with Crippen LogP contribution in [-0.2, 0) is 9.59 Å². The van der Waals surface area contributed by atoms with Crippen molar-refractivity contribution >= 4 is 35.7 Å². The molecule has 0 bridgehead atoms. The average Bonchev–Trinajstić information content (AvgIpc) is 3.79. The third-order valence-corrected chi connectivity index (χ3v) is 6.74. The van der Waals surface area contributed by atoms with Gasteiger partial charge in [-0.15, -0.1) is 0 Å². The Bertz CT molecular complexity index is 1260. The van der Waals surface area contributed by atoms with Crippen LogP contribution in [0.2, 0.25) is 0 Å². The fraction of sp³-hybridized carbons (Fsp3) is 0.400. The number of aldehydes is 1. The number of hydrogen-bond acceptors (Lipinski definition) is 8. The van der Waals surface area contributed by atoms with Crippen LogP contribution in [0.3, 0.4) is 0 Å². The van der Waals surface area contributed by atoms with Gasteiger partial charge in [0.15, 0.2) is 0 Å². The van der Waals surface area contributed by atoms with Gasteiger partial charge in [-0.3, -0.25) is 9.59 Å². The van der Waals surface area contributed by atoms with Crippen LogP contribution in [0.4, 0.5) is 15.8 Å². The fourth-order valence-electron chi connectivity index (χ4n) is 3.79. The number of nitrogens with zero attached hydrogens (tertiary/aromatic N) is 2. The van der Waals surface area contributed by atoms with E-state index in [4.69, 9.17) is 4.74 Å². The van der Waals surface area contributed by atoms with Crippen LogP contribution in [0.1, 0.15) is 44.7 Å². The summed E-state index contributed by atoms with van der Waals surface area (Å²) < 4.78 is 27.4.